The van der Waals surface area contributed by atoms with E-state index >= 15 is 0 Å². The molecule has 0 aliphatic carbocycles. The Morgan fingerprint density at radius 2 is 1.94 bits per heavy atom. The van der Waals surface area contributed by atoms with Gasteiger partial charge < -0.3 is 14.4 Å². The molecule has 32 heavy (non-hydrogen) atoms. The zero-order chi connectivity index (χ0) is 23.0. The third-order valence-corrected chi connectivity index (χ3v) is 8.79. The van der Waals surface area contributed by atoms with Crippen molar-refractivity contribution in [3.8, 4) is 11.5 Å². The average Bonchev–Trinajstić information content (AvgIpc) is 3.20. The molecule has 0 bridgehead atoms. The maximum Gasteiger partial charge on any atom is 0.252 e. The third-order valence-electron chi connectivity index (χ3n) is 5.27. The number of hydrogen-bond donors (Lipinski definition) is 0. The second-order valence-corrected chi connectivity index (χ2v) is 11.2. The van der Waals surface area contributed by atoms with Crippen LogP contribution in [0.4, 0.5) is 10.1 Å². The van der Waals surface area contributed by atoms with Crippen LogP contribution in [0.2, 0.25) is 5.02 Å². The van der Waals surface area contributed by atoms with Crippen LogP contribution < -0.4 is 14.4 Å². The summed E-state index contributed by atoms with van der Waals surface area (Å²) in [5, 5.41) is 0.0210. The van der Waals surface area contributed by atoms with Gasteiger partial charge in [-0.15, -0.1) is 0 Å². The monoisotopic (exact) mass is 498 g/mol. The number of carbonyl (C=O) groups is 1. The summed E-state index contributed by atoms with van der Waals surface area (Å²) in [5.74, 6) is -0.100. The molecule has 2 aliphatic heterocycles. The summed E-state index contributed by atoms with van der Waals surface area (Å²) in [6.45, 7) is 0. The molecule has 0 N–H and O–H groups in total. The van der Waals surface area contributed by atoms with Crippen molar-refractivity contribution in [1.82, 2.24) is 0 Å². The lowest BCUT2D eigenvalue weighted by atomic mass is 10.1. The van der Waals surface area contributed by atoms with Crippen LogP contribution in [0.1, 0.15) is 5.56 Å². The predicted molar refractivity (Wildman–Crippen MR) is 123 cm³/mol. The molecule has 0 spiro atoms. The quantitative estimate of drug-likeness (QED) is 0.625. The molecule has 2 heterocycles. The molecule has 2 atom stereocenters. The molecular formula is C21H20ClFN2O5S2. The second-order valence-electron chi connectivity index (χ2n) is 7.42. The van der Waals surface area contributed by atoms with Gasteiger partial charge in [0.15, 0.2) is 26.5 Å². The van der Waals surface area contributed by atoms with E-state index in [4.69, 9.17) is 21.1 Å². The number of amides is 1. The minimum atomic E-state index is -3.23. The fourth-order valence-corrected chi connectivity index (χ4v) is 7.86. The molecule has 0 radical (unpaired) electrons. The summed E-state index contributed by atoms with van der Waals surface area (Å²) in [7, 11) is -0.194. The van der Waals surface area contributed by atoms with Crippen molar-refractivity contribution in [3.63, 3.8) is 0 Å². The molecule has 2 fully saturated rings. The first-order valence-corrected chi connectivity index (χ1v) is 12.7. The molecule has 0 aromatic heterocycles. The Morgan fingerprint density at radius 3 is 2.62 bits per heavy atom. The fourth-order valence-electron chi connectivity index (χ4n) is 3.81. The largest absolute Gasteiger partial charge is 0.493 e. The minimum Gasteiger partial charge on any atom is -0.493 e. The molecule has 2 aliphatic rings. The Labute approximate surface area is 194 Å². The smallest absolute Gasteiger partial charge is 0.252 e. The van der Waals surface area contributed by atoms with Crippen LogP contribution in [-0.2, 0) is 21.1 Å². The van der Waals surface area contributed by atoms with E-state index in [0.29, 0.717) is 27.9 Å². The van der Waals surface area contributed by atoms with Crippen molar-refractivity contribution < 1.29 is 27.1 Å². The van der Waals surface area contributed by atoms with Gasteiger partial charge >= 0.3 is 0 Å². The number of hydrogen-bond acceptors (Lipinski definition) is 6. The molecule has 170 valence electrons. The zero-order valence-corrected chi connectivity index (χ0v) is 19.6. The summed E-state index contributed by atoms with van der Waals surface area (Å²) in [6.07, 6.45) is 0.0147. The highest BCUT2D eigenvalue weighted by Crippen LogP contribution is 2.41. The number of amidine groups is 1. The number of ether oxygens (including phenoxy) is 2. The van der Waals surface area contributed by atoms with E-state index in [1.54, 1.807) is 29.2 Å². The van der Waals surface area contributed by atoms with Crippen molar-refractivity contribution in [1.29, 1.82) is 0 Å². The SMILES string of the molecule is COc1ccc(CC(=O)N=C2S[C@H]3CS(=O)(=O)C[C@H]3N2c2ccc(Cl)c(F)c2)cc1OC. The number of rotatable bonds is 5. The summed E-state index contributed by atoms with van der Waals surface area (Å²) in [6, 6.07) is 8.94. The molecule has 0 unspecified atom stereocenters. The summed E-state index contributed by atoms with van der Waals surface area (Å²) < 4.78 is 48.9. The van der Waals surface area contributed by atoms with Gasteiger partial charge in [-0.25, -0.2) is 12.8 Å². The maximum atomic E-state index is 14.1. The van der Waals surface area contributed by atoms with Crippen molar-refractivity contribution in [2.24, 2.45) is 4.99 Å². The van der Waals surface area contributed by atoms with E-state index in [1.165, 1.54) is 38.1 Å². The van der Waals surface area contributed by atoms with Gasteiger partial charge in [0.2, 0.25) is 0 Å². The molecule has 1 amide bonds. The van der Waals surface area contributed by atoms with E-state index in [1.807, 2.05) is 0 Å². The normalized spacial score (nSPS) is 22.8. The standard InChI is InChI=1S/C21H20ClFN2O5S2/c1-29-17-6-3-12(7-18(17)30-2)8-20(26)24-21-25(13-4-5-14(22)15(23)9-13)16-10-32(27,28)11-19(16)31-21/h3-7,9,16,19H,8,10-11H2,1-2H3/t16-,19+/m1/s1. The predicted octanol–water partition coefficient (Wildman–Crippen LogP) is 3.34. The first kappa shape index (κ1) is 22.9. The fraction of sp³-hybridized carbons (Fsp3) is 0.333. The Hall–Kier alpha value is -2.30. The highest BCUT2D eigenvalue weighted by molar-refractivity contribution is 8.16. The van der Waals surface area contributed by atoms with Crippen LogP contribution >= 0.6 is 23.4 Å². The number of aliphatic imine (C=N–C) groups is 1. The van der Waals surface area contributed by atoms with Gasteiger partial charge in [0.25, 0.3) is 5.91 Å². The molecule has 0 saturated carbocycles. The van der Waals surface area contributed by atoms with Crippen LogP contribution in [-0.4, -0.2) is 56.5 Å². The zero-order valence-electron chi connectivity index (χ0n) is 17.2. The highest BCUT2D eigenvalue weighted by atomic mass is 35.5. The van der Waals surface area contributed by atoms with Crippen LogP contribution in [0, 0.1) is 5.82 Å². The first-order chi connectivity index (χ1) is 15.2. The van der Waals surface area contributed by atoms with Gasteiger partial charge in [-0.3, -0.25) is 4.79 Å². The van der Waals surface area contributed by atoms with E-state index in [-0.39, 0.29) is 28.2 Å². The van der Waals surface area contributed by atoms with Gasteiger partial charge in [-0.2, -0.15) is 4.99 Å². The minimum absolute atomic E-state index is 0.0147. The number of halogens is 2. The van der Waals surface area contributed by atoms with E-state index < -0.39 is 27.6 Å². The van der Waals surface area contributed by atoms with Crippen LogP contribution in [0.25, 0.3) is 0 Å². The lowest BCUT2D eigenvalue weighted by Gasteiger charge is -2.24. The van der Waals surface area contributed by atoms with Gasteiger partial charge in [0, 0.05) is 10.9 Å². The Bertz CT molecular complexity index is 1200. The Morgan fingerprint density at radius 1 is 1.19 bits per heavy atom. The number of carbonyl (C=O) groups excluding carboxylic acids is 1. The number of anilines is 1. The number of fused-ring (bicyclic) bond motifs is 1. The van der Waals surface area contributed by atoms with Crippen molar-refractivity contribution in [2.45, 2.75) is 17.7 Å². The Kier molecular flexibility index (Phi) is 6.37. The van der Waals surface area contributed by atoms with E-state index in [2.05, 4.69) is 4.99 Å². The van der Waals surface area contributed by atoms with Gasteiger partial charge in [-0.1, -0.05) is 29.4 Å². The molecule has 4 rings (SSSR count). The molecule has 11 heteroatoms. The lowest BCUT2D eigenvalue weighted by molar-refractivity contribution is -0.117. The van der Waals surface area contributed by atoms with Crippen molar-refractivity contribution >= 4 is 50.0 Å². The van der Waals surface area contributed by atoms with Crippen LogP contribution in [0.5, 0.6) is 11.5 Å². The number of sulfone groups is 1. The van der Waals surface area contributed by atoms with Gasteiger partial charge in [0.1, 0.15) is 5.82 Å². The lowest BCUT2D eigenvalue weighted by Crippen LogP contribution is -2.37. The topological polar surface area (TPSA) is 85.3 Å². The highest BCUT2D eigenvalue weighted by Gasteiger charge is 2.49. The summed E-state index contributed by atoms with van der Waals surface area (Å²) >= 11 is 7.03. The summed E-state index contributed by atoms with van der Waals surface area (Å²) in [5.41, 5.74) is 1.09. The van der Waals surface area contributed by atoms with Gasteiger partial charge in [-0.05, 0) is 35.9 Å². The van der Waals surface area contributed by atoms with Gasteiger partial charge in [0.05, 0.1) is 43.2 Å². The molecule has 7 nitrogen and oxygen atoms in total. The average molecular weight is 499 g/mol. The molecule has 2 aromatic rings. The molecule has 2 saturated heterocycles. The number of thioether (sulfide) groups is 1. The van der Waals surface area contributed by atoms with Crippen LogP contribution in [0.15, 0.2) is 41.4 Å². The molecule has 2 aromatic carbocycles. The molecular weight excluding hydrogens is 479 g/mol. The van der Waals surface area contributed by atoms with Crippen LogP contribution in [0.3, 0.4) is 0 Å². The first-order valence-electron chi connectivity index (χ1n) is 9.64. The van der Waals surface area contributed by atoms with Crippen molar-refractivity contribution in [3.05, 3.63) is 52.8 Å². The number of methoxy groups -OCH3 is 2. The maximum absolute atomic E-state index is 14.1. The number of nitrogens with zero attached hydrogens (tertiary/aromatic N) is 2. The van der Waals surface area contributed by atoms with Crippen molar-refractivity contribution in [2.75, 3.05) is 30.6 Å². The summed E-state index contributed by atoms with van der Waals surface area (Å²) in [4.78, 5) is 18.6. The van der Waals surface area contributed by atoms with E-state index in [9.17, 15) is 17.6 Å². The second kappa shape index (κ2) is 8.92. The number of benzene rings is 2. The Balaban J connectivity index is 1.63. The third kappa shape index (κ3) is 4.57. The van der Waals surface area contributed by atoms with E-state index in [0.717, 1.165) is 0 Å².